The number of rotatable bonds is 7. The van der Waals surface area contributed by atoms with Crippen molar-refractivity contribution in [2.45, 2.75) is 36.5 Å². The van der Waals surface area contributed by atoms with Crippen molar-refractivity contribution in [1.29, 1.82) is 0 Å². The molecule has 8 heteroatoms. The third kappa shape index (κ3) is 4.62. The SMILES string of the molecule is CSC1(CNC(=O)N[C@@H](CC(N)=O)C(=O)O)CCC1. The number of aliphatic carboxylic acids is 1. The van der Waals surface area contributed by atoms with Crippen molar-refractivity contribution in [2.75, 3.05) is 12.8 Å². The van der Waals surface area contributed by atoms with Crippen LogP contribution in [0.1, 0.15) is 25.7 Å². The van der Waals surface area contributed by atoms with E-state index in [1.807, 2.05) is 6.26 Å². The smallest absolute Gasteiger partial charge is 0.326 e. The van der Waals surface area contributed by atoms with Crippen molar-refractivity contribution in [2.24, 2.45) is 5.73 Å². The topological polar surface area (TPSA) is 122 Å². The van der Waals surface area contributed by atoms with Gasteiger partial charge in [-0.25, -0.2) is 9.59 Å². The summed E-state index contributed by atoms with van der Waals surface area (Å²) in [6.07, 6.45) is 4.79. The van der Waals surface area contributed by atoms with Crippen molar-refractivity contribution in [3.63, 3.8) is 0 Å². The summed E-state index contributed by atoms with van der Waals surface area (Å²) < 4.78 is 0.0692. The first-order chi connectivity index (χ1) is 8.88. The summed E-state index contributed by atoms with van der Waals surface area (Å²) in [6.45, 7) is 0.489. The van der Waals surface area contributed by atoms with Gasteiger partial charge in [0, 0.05) is 11.3 Å². The molecule has 5 N–H and O–H groups in total. The second-order valence-corrected chi connectivity index (χ2v) is 5.90. The number of hydrogen-bond acceptors (Lipinski definition) is 4. The number of carboxylic acid groups (broad SMARTS) is 1. The second kappa shape index (κ2) is 6.65. The second-order valence-electron chi connectivity index (χ2n) is 4.63. The average Bonchev–Trinajstić information content (AvgIpc) is 2.26. The van der Waals surface area contributed by atoms with Gasteiger partial charge in [0.2, 0.25) is 5.91 Å². The Balaban J connectivity index is 2.40. The van der Waals surface area contributed by atoms with E-state index in [1.54, 1.807) is 11.8 Å². The van der Waals surface area contributed by atoms with Crippen molar-refractivity contribution in [3.05, 3.63) is 0 Å². The molecule has 7 nitrogen and oxygen atoms in total. The van der Waals surface area contributed by atoms with E-state index in [0.29, 0.717) is 6.54 Å². The maximum atomic E-state index is 11.6. The summed E-state index contributed by atoms with van der Waals surface area (Å²) in [5.74, 6) is -2.05. The highest BCUT2D eigenvalue weighted by Crippen LogP contribution is 2.42. The number of amides is 3. The van der Waals surface area contributed by atoms with Crippen LogP contribution in [0.15, 0.2) is 0 Å². The first kappa shape index (κ1) is 15.6. The van der Waals surface area contributed by atoms with Crippen LogP contribution in [0.5, 0.6) is 0 Å². The number of carboxylic acids is 1. The fraction of sp³-hybridized carbons (Fsp3) is 0.727. The molecule has 19 heavy (non-hydrogen) atoms. The number of thioether (sulfide) groups is 1. The number of nitrogens with two attached hydrogens (primary N) is 1. The number of carbonyl (C=O) groups is 3. The van der Waals surface area contributed by atoms with Crippen LogP contribution in [0.3, 0.4) is 0 Å². The predicted molar refractivity (Wildman–Crippen MR) is 71.9 cm³/mol. The van der Waals surface area contributed by atoms with E-state index in [1.165, 1.54) is 0 Å². The molecule has 0 heterocycles. The quantitative estimate of drug-likeness (QED) is 0.521. The maximum Gasteiger partial charge on any atom is 0.326 e. The Labute approximate surface area is 115 Å². The fourth-order valence-corrected chi connectivity index (χ4v) is 2.79. The van der Waals surface area contributed by atoms with Crippen molar-refractivity contribution >= 4 is 29.7 Å². The van der Waals surface area contributed by atoms with Gasteiger partial charge in [-0.2, -0.15) is 11.8 Å². The largest absolute Gasteiger partial charge is 0.480 e. The zero-order valence-corrected chi connectivity index (χ0v) is 11.6. The summed E-state index contributed by atoms with van der Waals surface area (Å²) in [5, 5.41) is 13.7. The number of carbonyl (C=O) groups excluding carboxylic acids is 2. The lowest BCUT2D eigenvalue weighted by molar-refractivity contribution is -0.140. The van der Waals surface area contributed by atoms with Crippen molar-refractivity contribution < 1.29 is 19.5 Å². The third-order valence-electron chi connectivity index (χ3n) is 3.28. The number of primary amides is 1. The molecule has 1 rings (SSSR count). The van der Waals surface area contributed by atoms with Gasteiger partial charge in [0.25, 0.3) is 0 Å². The van der Waals surface area contributed by atoms with Crippen molar-refractivity contribution in [3.8, 4) is 0 Å². The van der Waals surface area contributed by atoms with Crippen LogP contribution < -0.4 is 16.4 Å². The van der Waals surface area contributed by atoms with E-state index in [2.05, 4.69) is 10.6 Å². The molecule has 1 fully saturated rings. The minimum atomic E-state index is -1.29. The lowest BCUT2D eigenvalue weighted by atomic mass is 9.84. The van der Waals surface area contributed by atoms with Crippen LogP contribution in [0, 0.1) is 0 Å². The van der Waals surface area contributed by atoms with Gasteiger partial charge in [0.15, 0.2) is 0 Å². The van der Waals surface area contributed by atoms with Crippen LogP contribution in [0.25, 0.3) is 0 Å². The van der Waals surface area contributed by atoms with Gasteiger partial charge in [-0.3, -0.25) is 4.79 Å². The zero-order valence-electron chi connectivity index (χ0n) is 10.8. The molecular formula is C11H19N3O4S. The lowest BCUT2D eigenvalue weighted by Gasteiger charge is -2.40. The van der Waals surface area contributed by atoms with Crippen molar-refractivity contribution in [1.82, 2.24) is 10.6 Å². The van der Waals surface area contributed by atoms with E-state index in [4.69, 9.17) is 10.8 Å². The van der Waals surface area contributed by atoms with Gasteiger partial charge < -0.3 is 21.5 Å². The van der Waals surface area contributed by atoms with Gasteiger partial charge in [-0.1, -0.05) is 6.42 Å². The van der Waals surface area contributed by atoms with E-state index in [0.717, 1.165) is 19.3 Å². The molecule has 1 atom stereocenters. The van der Waals surface area contributed by atoms with Crippen LogP contribution in [-0.2, 0) is 9.59 Å². The van der Waals surface area contributed by atoms with Gasteiger partial charge >= 0.3 is 12.0 Å². The standard InChI is InChI=1S/C11H19N3O4S/c1-19-11(3-2-4-11)6-13-10(18)14-7(9(16)17)5-8(12)15/h7H,2-6H2,1H3,(H2,12,15)(H,16,17)(H2,13,14,18)/t7-/m0/s1. The van der Waals surface area contributed by atoms with E-state index < -0.39 is 30.4 Å². The highest BCUT2D eigenvalue weighted by molar-refractivity contribution is 8.00. The monoisotopic (exact) mass is 289 g/mol. The molecule has 1 aliphatic carbocycles. The summed E-state index contributed by atoms with van der Waals surface area (Å²) >= 11 is 1.70. The fourth-order valence-electron chi connectivity index (χ4n) is 1.88. The van der Waals surface area contributed by atoms with Crippen LogP contribution in [0.2, 0.25) is 0 Å². The normalized spacial score (nSPS) is 17.9. The Morgan fingerprint density at radius 3 is 2.42 bits per heavy atom. The molecule has 1 aliphatic rings. The molecule has 0 aromatic rings. The predicted octanol–water partition coefficient (Wildman–Crippen LogP) is -0.100. The van der Waals surface area contributed by atoms with Crippen LogP contribution in [0.4, 0.5) is 4.79 Å². The summed E-state index contributed by atoms with van der Waals surface area (Å²) in [7, 11) is 0. The Kier molecular flexibility index (Phi) is 5.46. The van der Waals surface area contributed by atoms with Gasteiger partial charge in [0.1, 0.15) is 6.04 Å². The molecular weight excluding hydrogens is 270 g/mol. The van der Waals surface area contributed by atoms with Crippen LogP contribution in [-0.4, -0.2) is 46.6 Å². The highest BCUT2D eigenvalue weighted by Gasteiger charge is 2.36. The molecule has 0 aromatic carbocycles. The first-order valence-electron chi connectivity index (χ1n) is 5.99. The molecule has 0 aromatic heterocycles. The molecule has 108 valence electrons. The van der Waals surface area contributed by atoms with E-state index in [9.17, 15) is 14.4 Å². The molecule has 0 spiro atoms. The minimum absolute atomic E-state index is 0.0692. The third-order valence-corrected chi connectivity index (χ3v) is 4.70. The number of hydrogen-bond donors (Lipinski definition) is 4. The molecule has 0 aliphatic heterocycles. The Morgan fingerprint density at radius 2 is 2.05 bits per heavy atom. The average molecular weight is 289 g/mol. The van der Waals surface area contributed by atoms with Gasteiger partial charge in [-0.05, 0) is 19.1 Å². The zero-order chi connectivity index (χ0) is 14.5. The Hall–Kier alpha value is -1.44. The summed E-state index contributed by atoms with van der Waals surface area (Å²) in [6, 6.07) is -1.88. The maximum absolute atomic E-state index is 11.6. The Morgan fingerprint density at radius 1 is 1.42 bits per heavy atom. The van der Waals surface area contributed by atoms with Gasteiger partial charge in [0.05, 0.1) is 6.42 Å². The summed E-state index contributed by atoms with van der Waals surface area (Å²) in [5.41, 5.74) is 4.92. The van der Waals surface area contributed by atoms with E-state index >= 15 is 0 Å². The molecule has 3 amide bonds. The number of urea groups is 1. The molecule has 0 bridgehead atoms. The minimum Gasteiger partial charge on any atom is -0.480 e. The highest BCUT2D eigenvalue weighted by atomic mass is 32.2. The lowest BCUT2D eigenvalue weighted by Crippen LogP contribution is -2.52. The summed E-state index contributed by atoms with van der Waals surface area (Å²) in [4.78, 5) is 33.1. The van der Waals surface area contributed by atoms with Crippen LogP contribution >= 0.6 is 11.8 Å². The molecule has 0 radical (unpaired) electrons. The molecule has 1 saturated carbocycles. The van der Waals surface area contributed by atoms with Gasteiger partial charge in [-0.15, -0.1) is 0 Å². The Bertz CT molecular complexity index is 365. The number of nitrogens with one attached hydrogen (secondary N) is 2. The molecule has 0 unspecified atom stereocenters. The molecule has 0 saturated heterocycles. The van der Waals surface area contributed by atoms with E-state index in [-0.39, 0.29) is 4.75 Å². The first-order valence-corrected chi connectivity index (χ1v) is 7.22.